The zero-order valence-corrected chi connectivity index (χ0v) is 8.09. The maximum atomic E-state index is 8.87. The standard InChI is InChI=1S/C10H17NO/c1-7(2)10(3,4)9(11-12)8-5-6-8/h8,12H,1,5-6H2,2-4H3. The Hall–Kier alpha value is -0.790. The average Bonchev–Trinajstić information content (AvgIpc) is 2.72. The zero-order chi connectivity index (χ0) is 9.35. The first kappa shape index (κ1) is 9.30. The molecular formula is C10H17NO. The first-order chi connectivity index (χ1) is 5.50. The summed E-state index contributed by atoms with van der Waals surface area (Å²) in [6, 6.07) is 0. The van der Waals surface area contributed by atoms with Crippen molar-refractivity contribution in [1.82, 2.24) is 0 Å². The highest BCUT2D eigenvalue weighted by Crippen LogP contribution is 2.40. The van der Waals surface area contributed by atoms with Gasteiger partial charge in [0, 0.05) is 11.3 Å². The number of nitrogens with zero attached hydrogens (tertiary/aromatic N) is 1. The normalized spacial score (nSPS) is 19.4. The summed E-state index contributed by atoms with van der Waals surface area (Å²) in [5.74, 6) is 0.502. The van der Waals surface area contributed by atoms with Crippen molar-refractivity contribution in [2.24, 2.45) is 16.5 Å². The minimum absolute atomic E-state index is 0.143. The SMILES string of the molecule is C=C(C)C(C)(C)C(=NO)C1CC1. The van der Waals surface area contributed by atoms with Gasteiger partial charge in [-0.3, -0.25) is 0 Å². The summed E-state index contributed by atoms with van der Waals surface area (Å²) in [4.78, 5) is 0. The van der Waals surface area contributed by atoms with Gasteiger partial charge in [-0.05, 0) is 19.8 Å². The summed E-state index contributed by atoms with van der Waals surface area (Å²) in [6.45, 7) is 10.0. The molecule has 1 rings (SSSR count). The van der Waals surface area contributed by atoms with Crippen LogP contribution in [0.4, 0.5) is 0 Å². The molecule has 0 atom stereocenters. The minimum atomic E-state index is -0.143. The summed E-state index contributed by atoms with van der Waals surface area (Å²) < 4.78 is 0. The van der Waals surface area contributed by atoms with Crippen molar-refractivity contribution in [3.05, 3.63) is 12.2 Å². The monoisotopic (exact) mass is 167 g/mol. The maximum absolute atomic E-state index is 8.87. The third-order valence-electron chi connectivity index (χ3n) is 2.78. The van der Waals surface area contributed by atoms with Crippen LogP contribution in [0.25, 0.3) is 0 Å². The first-order valence-electron chi connectivity index (χ1n) is 4.38. The van der Waals surface area contributed by atoms with Crippen LogP contribution in [0.1, 0.15) is 33.6 Å². The third-order valence-corrected chi connectivity index (χ3v) is 2.78. The van der Waals surface area contributed by atoms with Crippen molar-refractivity contribution in [3.63, 3.8) is 0 Å². The average molecular weight is 167 g/mol. The molecule has 1 saturated carbocycles. The molecule has 2 heteroatoms. The zero-order valence-electron chi connectivity index (χ0n) is 8.09. The lowest BCUT2D eigenvalue weighted by atomic mass is 9.79. The van der Waals surface area contributed by atoms with E-state index in [2.05, 4.69) is 25.6 Å². The Morgan fingerprint density at radius 3 is 2.25 bits per heavy atom. The molecule has 0 saturated heterocycles. The van der Waals surface area contributed by atoms with Crippen molar-refractivity contribution in [2.75, 3.05) is 0 Å². The molecule has 2 nitrogen and oxygen atoms in total. The van der Waals surface area contributed by atoms with Crippen LogP contribution in [0.2, 0.25) is 0 Å². The molecule has 0 amide bonds. The van der Waals surface area contributed by atoms with E-state index in [1.165, 1.54) is 0 Å². The minimum Gasteiger partial charge on any atom is -0.411 e. The van der Waals surface area contributed by atoms with Gasteiger partial charge in [-0.1, -0.05) is 31.2 Å². The Kier molecular flexibility index (Phi) is 2.27. The molecule has 0 aromatic heterocycles. The molecule has 0 unspecified atom stereocenters. The number of oxime groups is 1. The highest BCUT2D eigenvalue weighted by atomic mass is 16.4. The Morgan fingerprint density at radius 1 is 1.50 bits per heavy atom. The fourth-order valence-electron chi connectivity index (χ4n) is 1.29. The van der Waals surface area contributed by atoms with Gasteiger partial charge in [0.05, 0.1) is 5.71 Å². The molecule has 0 aromatic carbocycles. The predicted molar refractivity (Wildman–Crippen MR) is 50.5 cm³/mol. The second-order valence-electron chi connectivity index (χ2n) is 4.16. The van der Waals surface area contributed by atoms with E-state index in [4.69, 9.17) is 5.21 Å². The van der Waals surface area contributed by atoms with Gasteiger partial charge in [-0.15, -0.1) is 0 Å². The van der Waals surface area contributed by atoms with Gasteiger partial charge in [0.1, 0.15) is 0 Å². The van der Waals surface area contributed by atoms with Gasteiger partial charge in [0.25, 0.3) is 0 Å². The lowest BCUT2D eigenvalue weighted by molar-refractivity contribution is 0.309. The van der Waals surface area contributed by atoms with Crippen molar-refractivity contribution in [1.29, 1.82) is 0 Å². The van der Waals surface area contributed by atoms with E-state index in [1.54, 1.807) is 0 Å². The van der Waals surface area contributed by atoms with Gasteiger partial charge in [0.2, 0.25) is 0 Å². The maximum Gasteiger partial charge on any atom is 0.0697 e. The third kappa shape index (κ3) is 1.52. The summed E-state index contributed by atoms with van der Waals surface area (Å²) in [5, 5.41) is 12.3. The number of hydrogen-bond donors (Lipinski definition) is 1. The van der Waals surface area contributed by atoms with E-state index < -0.39 is 0 Å². The van der Waals surface area contributed by atoms with Crippen molar-refractivity contribution >= 4 is 5.71 Å². The van der Waals surface area contributed by atoms with Crippen LogP contribution in [0.3, 0.4) is 0 Å². The van der Waals surface area contributed by atoms with Gasteiger partial charge in [0.15, 0.2) is 0 Å². The van der Waals surface area contributed by atoms with E-state index in [9.17, 15) is 0 Å². The van der Waals surface area contributed by atoms with Crippen LogP contribution < -0.4 is 0 Å². The Bertz CT molecular complexity index is 224. The lowest BCUT2D eigenvalue weighted by Crippen LogP contribution is -2.26. The molecule has 1 aliphatic carbocycles. The fourth-order valence-corrected chi connectivity index (χ4v) is 1.29. The highest BCUT2D eigenvalue weighted by molar-refractivity contribution is 5.95. The largest absolute Gasteiger partial charge is 0.411 e. The lowest BCUT2D eigenvalue weighted by Gasteiger charge is -2.25. The van der Waals surface area contributed by atoms with E-state index >= 15 is 0 Å². The fraction of sp³-hybridized carbons (Fsp3) is 0.700. The van der Waals surface area contributed by atoms with E-state index in [0.717, 1.165) is 24.1 Å². The quantitative estimate of drug-likeness (QED) is 0.298. The van der Waals surface area contributed by atoms with Gasteiger partial charge < -0.3 is 5.21 Å². The number of rotatable bonds is 3. The molecule has 1 aliphatic rings. The molecule has 68 valence electrons. The van der Waals surface area contributed by atoms with Crippen LogP contribution in [0.5, 0.6) is 0 Å². The summed E-state index contributed by atoms with van der Waals surface area (Å²) in [5.41, 5.74) is 1.81. The molecule has 0 aliphatic heterocycles. The highest BCUT2D eigenvalue weighted by Gasteiger charge is 2.38. The van der Waals surface area contributed by atoms with Gasteiger partial charge >= 0.3 is 0 Å². The topological polar surface area (TPSA) is 32.6 Å². The second kappa shape index (κ2) is 2.92. The van der Waals surface area contributed by atoms with Crippen molar-refractivity contribution < 1.29 is 5.21 Å². The molecule has 0 bridgehead atoms. The summed E-state index contributed by atoms with van der Waals surface area (Å²) in [7, 11) is 0. The van der Waals surface area contributed by atoms with Gasteiger partial charge in [-0.2, -0.15) is 0 Å². The van der Waals surface area contributed by atoms with Crippen LogP contribution >= 0.6 is 0 Å². The van der Waals surface area contributed by atoms with Crippen LogP contribution in [0.15, 0.2) is 17.3 Å². The first-order valence-corrected chi connectivity index (χ1v) is 4.38. The molecule has 0 heterocycles. The van der Waals surface area contributed by atoms with E-state index in [1.807, 2.05) is 6.92 Å². The molecule has 1 fully saturated rings. The molecular weight excluding hydrogens is 150 g/mol. The van der Waals surface area contributed by atoms with E-state index in [-0.39, 0.29) is 5.41 Å². The summed E-state index contributed by atoms with van der Waals surface area (Å²) in [6.07, 6.45) is 2.33. The second-order valence-corrected chi connectivity index (χ2v) is 4.16. The van der Waals surface area contributed by atoms with Gasteiger partial charge in [-0.25, -0.2) is 0 Å². The van der Waals surface area contributed by atoms with Crippen LogP contribution in [0, 0.1) is 11.3 Å². The molecule has 0 radical (unpaired) electrons. The molecule has 0 spiro atoms. The predicted octanol–water partition coefficient (Wildman–Crippen LogP) is 2.83. The van der Waals surface area contributed by atoms with Crippen LogP contribution in [-0.2, 0) is 0 Å². The Labute approximate surface area is 74.0 Å². The van der Waals surface area contributed by atoms with Crippen molar-refractivity contribution in [3.8, 4) is 0 Å². The number of allylic oxidation sites excluding steroid dienone is 1. The Balaban J connectivity index is 2.83. The number of hydrogen-bond acceptors (Lipinski definition) is 2. The van der Waals surface area contributed by atoms with Crippen molar-refractivity contribution in [2.45, 2.75) is 33.6 Å². The molecule has 12 heavy (non-hydrogen) atoms. The smallest absolute Gasteiger partial charge is 0.0697 e. The Morgan fingerprint density at radius 2 is 2.00 bits per heavy atom. The molecule has 1 N–H and O–H groups in total. The van der Waals surface area contributed by atoms with Crippen LogP contribution in [-0.4, -0.2) is 10.9 Å². The van der Waals surface area contributed by atoms with E-state index in [0.29, 0.717) is 5.92 Å². The molecule has 0 aromatic rings. The summed E-state index contributed by atoms with van der Waals surface area (Å²) >= 11 is 0.